The lowest BCUT2D eigenvalue weighted by atomic mass is 10.2. The number of ether oxygens (including phenoxy) is 1. The van der Waals surface area contributed by atoms with Crippen LogP contribution in [0.4, 0.5) is 26.3 Å². The normalized spacial score (nSPS) is 11.7. The predicted octanol–water partition coefficient (Wildman–Crippen LogP) is 2.76. The van der Waals surface area contributed by atoms with Gasteiger partial charge in [-0.1, -0.05) is 0 Å². The van der Waals surface area contributed by atoms with Gasteiger partial charge in [0.15, 0.2) is 23.0 Å². The average Bonchev–Trinajstić information content (AvgIpc) is 2.18. The predicted molar refractivity (Wildman–Crippen MR) is 42.8 cm³/mol. The molecule has 1 aromatic rings. The number of halogens is 6. The molecule has 0 radical (unpaired) electrons. The highest BCUT2D eigenvalue weighted by atomic mass is 19.4. The molecule has 0 unspecified atom stereocenters. The summed E-state index contributed by atoms with van der Waals surface area (Å²) in [5, 5.41) is 8.40. The third-order valence-corrected chi connectivity index (χ3v) is 1.60. The Morgan fingerprint density at radius 2 is 1.94 bits per heavy atom. The molecule has 0 saturated heterocycles. The van der Waals surface area contributed by atoms with Crippen LogP contribution in [0, 0.1) is 5.82 Å². The number of carboxylic acids is 1. The van der Waals surface area contributed by atoms with E-state index in [9.17, 15) is 31.1 Å². The van der Waals surface area contributed by atoms with Crippen LogP contribution in [0.25, 0.3) is 0 Å². The molecule has 0 aliphatic rings. The van der Waals surface area contributed by atoms with Gasteiger partial charge in [0, 0.05) is 6.07 Å². The molecule has 0 amide bonds. The molecular weight excluding hydrogens is 272 g/mol. The number of hydrogen-bond acceptors (Lipinski definition) is 3. The van der Waals surface area contributed by atoms with E-state index in [1.807, 2.05) is 0 Å². The van der Waals surface area contributed by atoms with Crippen LogP contribution in [0.1, 0.15) is 22.6 Å². The van der Waals surface area contributed by atoms with E-state index >= 15 is 0 Å². The van der Waals surface area contributed by atoms with E-state index in [0.29, 0.717) is 0 Å². The fourth-order valence-corrected chi connectivity index (χ4v) is 0.995. The zero-order valence-electron chi connectivity index (χ0n) is 8.13. The second-order valence-electron chi connectivity index (χ2n) is 2.86. The number of nitrogens with zero attached hydrogens (tertiary/aromatic N) is 1. The van der Waals surface area contributed by atoms with Crippen molar-refractivity contribution in [2.75, 3.05) is 0 Å². The van der Waals surface area contributed by atoms with Crippen LogP contribution >= 0.6 is 0 Å². The van der Waals surface area contributed by atoms with Crippen molar-refractivity contribution in [2.45, 2.75) is 12.8 Å². The largest absolute Gasteiger partial charge is 0.573 e. The molecule has 1 N–H and O–H groups in total. The summed E-state index contributed by atoms with van der Waals surface area (Å²) in [6, 6.07) is 0.0509. The number of pyridine rings is 1. The van der Waals surface area contributed by atoms with Gasteiger partial charge in [0.05, 0.1) is 0 Å². The molecule has 0 fully saturated rings. The lowest BCUT2D eigenvalue weighted by Crippen LogP contribution is -2.20. The zero-order chi connectivity index (χ0) is 14.1. The van der Waals surface area contributed by atoms with Gasteiger partial charge in [0.2, 0.25) is 0 Å². The van der Waals surface area contributed by atoms with E-state index in [0.717, 1.165) is 0 Å². The first-order valence-electron chi connectivity index (χ1n) is 4.09. The van der Waals surface area contributed by atoms with Crippen LogP contribution < -0.4 is 4.74 Å². The van der Waals surface area contributed by atoms with E-state index in [2.05, 4.69) is 9.72 Å². The van der Waals surface area contributed by atoms with Gasteiger partial charge in [-0.2, -0.15) is 0 Å². The molecule has 0 aliphatic carbocycles. The standard InChI is InChI=1S/C8H3F6NO3/c9-2-1-3(7(16)17)15-4(6(10)11)5(2)18-8(12,13)14/h1,6H,(H,16,17). The van der Waals surface area contributed by atoms with Crippen molar-refractivity contribution in [2.24, 2.45) is 0 Å². The van der Waals surface area contributed by atoms with Crippen LogP contribution in [0.5, 0.6) is 5.75 Å². The molecule has 100 valence electrons. The van der Waals surface area contributed by atoms with E-state index in [1.165, 1.54) is 0 Å². The first-order valence-corrected chi connectivity index (χ1v) is 4.09. The summed E-state index contributed by atoms with van der Waals surface area (Å²) >= 11 is 0. The van der Waals surface area contributed by atoms with Gasteiger partial charge < -0.3 is 9.84 Å². The van der Waals surface area contributed by atoms with Crippen molar-refractivity contribution in [3.63, 3.8) is 0 Å². The Balaban J connectivity index is 3.36. The topological polar surface area (TPSA) is 59.4 Å². The van der Waals surface area contributed by atoms with Gasteiger partial charge in [0.1, 0.15) is 0 Å². The molecular formula is C8H3F6NO3. The van der Waals surface area contributed by atoms with Crippen LogP contribution in [-0.2, 0) is 0 Å². The van der Waals surface area contributed by atoms with Gasteiger partial charge in [-0.25, -0.2) is 22.9 Å². The Hall–Kier alpha value is -2.00. The maximum Gasteiger partial charge on any atom is 0.573 e. The Bertz CT molecular complexity index is 473. The maximum atomic E-state index is 13.1. The lowest BCUT2D eigenvalue weighted by Gasteiger charge is -2.13. The first-order chi connectivity index (χ1) is 8.11. The van der Waals surface area contributed by atoms with Crippen molar-refractivity contribution >= 4 is 5.97 Å². The van der Waals surface area contributed by atoms with Gasteiger partial charge >= 0.3 is 12.3 Å². The fourth-order valence-electron chi connectivity index (χ4n) is 0.995. The van der Waals surface area contributed by atoms with E-state index < -0.39 is 41.7 Å². The Kier molecular flexibility index (Phi) is 3.67. The van der Waals surface area contributed by atoms with Gasteiger partial charge in [-0.05, 0) is 0 Å². The minimum atomic E-state index is -5.41. The smallest absolute Gasteiger partial charge is 0.477 e. The highest BCUT2D eigenvalue weighted by Crippen LogP contribution is 2.34. The second-order valence-corrected chi connectivity index (χ2v) is 2.86. The number of aromatic nitrogens is 1. The Labute approximate surface area is 94.8 Å². The molecule has 4 nitrogen and oxygen atoms in total. The molecule has 1 aromatic heterocycles. The third kappa shape index (κ3) is 3.25. The van der Waals surface area contributed by atoms with Crippen LogP contribution in [0.3, 0.4) is 0 Å². The zero-order valence-corrected chi connectivity index (χ0v) is 8.13. The summed E-state index contributed by atoms with van der Waals surface area (Å²) < 4.78 is 76.4. The van der Waals surface area contributed by atoms with Crippen molar-refractivity contribution in [3.8, 4) is 5.75 Å². The SMILES string of the molecule is O=C(O)c1cc(F)c(OC(F)(F)F)c(C(F)F)n1. The molecule has 0 spiro atoms. The van der Waals surface area contributed by atoms with Crippen molar-refractivity contribution in [3.05, 3.63) is 23.3 Å². The second kappa shape index (κ2) is 4.70. The van der Waals surface area contributed by atoms with Gasteiger partial charge in [-0.3, -0.25) is 0 Å². The van der Waals surface area contributed by atoms with Gasteiger partial charge in [-0.15, -0.1) is 13.2 Å². The maximum absolute atomic E-state index is 13.1. The van der Waals surface area contributed by atoms with E-state index in [4.69, 9.17) is 5.11 Å². The number of alkyl halides is 5. The molecule has 18 heavy (non-hydrogen) atoms. The molecule has 0 aromatic carbocycles. The molecule has 10 heteroatoms. The molecule has 0 aliphatic heterocycles. The third-order valence-electron chi connectivity index (χ3n) is 1.60. The monoisotopic (exact) mass is 275 g/mol. The molecule has 1 rings (SSSR count). The summed E-state index contributed by atoms with van der Waals surface area (Å²) in [6.45, 7) is 0. The first kappa shape index (κ1) is 14.1. The average molecular weight is 275 g/mol. The lowest BCUT2D eigenvalue weighted by molar-refractivity contribution is -0.276. The summed E-state index contributed by atoms with van der Waals surface area (Å²) in [7, 11) is 0. The van der Waals surface area contributed by atoms with Crippen LogP contribution in [-0.4, -0.2) is 22.4 Å². The van der Waals surface area contributed by atoms with E-state index in [1.54, 1.807) is 0 Å². The van der Waals surface area contributed by atoms with Gasteiger partial charge in [0.25, 0.3) is 6.43 Å². The number of hydrogen-bond donors (Lipinski definition) is 1. The molecule has 0 bridgehead atoms. The molecule has 0 atom stereocenters. The summed E-state index contributed by atoms with van der Waals surface area (Å²) in [5.41, 5.74) is -2.89. The number of rotatable bonds is 3. The molecule has 0 saturated carbocycles. The Morgan fingerprint density at radius 1 is 1.39 bits per heavy atom. The Morgan fingerprint density at radius 3 is 2.33 bits per heavy atom. The molecule has 1 heterocycles. The summed E-state index contributed by atoms with van der Waals surface area (Å²) in [6.07, 6.45) is -9.03. The van der Waals surface area contributed by atoms with Crippen molar-refractivity contribution < 1.29 is 41.0 Å². The van der Waals surface area contributed by atoms with Crippen molar-refractivity contribution in [1.82, 2.24) is 4.98 Å². The van der Waals surface area contributed by atoms with E-state index in [-0.39, 0.29) is 6.07 Å². The highest BCUT2D eigenvalue weighted by molar-refractivity contribution is 5.85. The fraction of sp³-hybridized carbons (Fsp3) is 0.250. The number of aromatic carboxylic acids is 1. The minimum absolute atomic E-state index is 0.0509. The summed E-state index contributed by atoms with van der Waals surface area (Å²) in [4.78, 5) is 13.1. The van der Waals surface area contributed by atoms with Crippen LogP contribution in [0.2, 0.25) is 0 Å². The quantitative estimate of drug-likeness (QED) is 0.862. The van der Waals surface area contributed by atoms with Crippen LogP contribution in [0.15, 0.2) is 6.07 Å². The minimum Gasteiger partial charge on any atom is -0.477 e. The summed E-state index contributed by atoms with van der Waals surface area (Å²) in [5.74, 6) is -5.60. The van der Waals surface area contributed by atoms with Crippen molar-refractivity contribution in [1.29, 1.82) is 0 Å². The highest BCUT2D eigenvalue weighted by Gasteiger charge is 2.36. The number of carbonyl (C=O) groups is 1. The number of carboxylic acid groups (broad SMARTS) is 1.